The first-order chi connectivity index (χ1) is 7.84. The first kappa shape index (κ1) is 17.7. The molecule has 0 aliphatic carbocycles. The second kappa shape index (κ2) is 7.30. The maximum atomic E-state index is 10.3. The Labute approximate surface area is 130 Å². The molecule has 6 heteroatoms. The van der Waals surface area contributed by atoms with Crippen molar-refractivity contribution in [2.75, 3.05) is 34.7 Å². The third-order valence-electron chi connectivity index (χ3n) is 2.47. The van der Waals surface area contributed by atoms with E-state index in [1.807, 2.05) is 54.8 Å². The Bertz CT molecular complexity index is 365. The minimum absolute atomic E-state index is 0. The van der Waals surface area contributed by atoms with Gasteiger partial charge in [0.15, 0.2) is 5.96 Å². The molecule has 0 saturated carbocycles. The Balaban J connectivity index is 0.00000289. The molecule has 0 saturated heterocycles. The molecule has 0 fully saturated rings. The zero-order valence-corrected chi connectivity index (χ0v) is 14.7. The number of aliphatic imine (C=N–C) groups is 1. The predicted molar refractivity (Wildman–Crippen MR) is 89.0 cm³/mol. The number of hydrogen-bond donors (Lipinski definition) is 1. The molecule has 0 aromatic carbocycles. The molecule has 1 atom stereocenters. The second-order valence-electron chi connectivity index (χ2n) is 4.69. The summed E-state index contributed by atoms with van der Waals surface area (Å²) in [6, 6.07) is 1.94. The van der Waals surface area contributed by atoms with Crippen molar-refractivity contribution in [2.24, 2.45) is 4.99 Å². The summed E-state index contributed by atoms with van der Waals surface area (Å²) in [4.78, 5) is 8.34. The van der Waals surface area contributed by atoms with Gasteiger partial charge in [-0.2, -0.15) is 11.3 Å². The van der Waals surface area contributed by atoms with Crippen LogP contribution in [0.1, 0.15) is 12.5 Å². The average molecular weight is 383 g/mol. The molecule has 1 heterocycles. The van der Waals surface area contributed by atoms with Gasteiger partial charge in [-0.25, -0.2) is 4.99 Å². The van der Waals surface area contributed by atoms with Gasteiger partial charge in [-0.1, -0.05) is 0 Å². The van der Waals surface area contributed by atoms with Crippen LogP contribution in [0.2, 0.25) is 0 Å². The smallest absolute Gasteiger partial charge is 0.195 e. The number of aliphatic hydroxyl groups is 1. The summed E-state index contributed by atoms with van der Waals surface area (Å²) in [5.74, 6) is 0.848. The van der Waals surface area contributed by atoms with Crippen molar-refractivity contribution in [1.82, 2.24) is 9.80 Å². The van der Waals surface area contributed by atoms with Crippen LogP contribution in [0.25, 0.3) is 0 Å². The van der Waals surface area contributed by atoms with Crippen molar-refractivity contribution < 1.29 is 5.11 Å². The molecular weight excluding hydrogens is 361 g/mol. The lowest BCUT2D eigenvalue weighted by Gasteiger charge is -2.25. The lowest BCUT2D eigenvalue weighted by molar-refractivity contribution is 0.0673. The molecule has 0 aliphatic heterocycles. The molecule has 1 unspecified atom stereocenters. The summed E-state index contributed by atoms with van der Waals surface area (Å²) in [7, 11) is 7.77. The van der Waals surface area contributed by atoms with E-state index < -0.39 is 5.60 Å². The van der Waals surface area contributed by atoms with Crippen molar-refractivity contribution in [3.05, 3.63) is 22.4 Å². The number of guanidine groups is 1. The van der Waals surface area contributed by atoms with Crippen molar-refractivity contribution in [2.45, 2.75) is 12.5 Å². The van der Waals surface area contributed by atoms with E-state index in [-0.39, 0.29) is 24.0 Å². The van der Waals surface area contributed by atoms with E-state index in [1.54, 1.807) is 18.3 Å². The maximum Gasteiger partial charge on any atom is 0.195 e. The van der Waals surface area contributed by atoms with Crippen LogP contribution in [0.3, 0.4) is 0 Å². The van der Waals surface area contributed by atoms with Crippen molar-refractivity contribution in [3.8, 4) is 0 Å². The molecule has 4 nitrogen and oxygen atoms in total. The highest BCUT2D eigenvalue weighted by Gasteiger charge is 2.23. The minimum atomic E-state index is -0.905. The molecule has 18 heavy (non-hydrogen) atoms. The van der Waals surface area contributed by atoms with Gasteiger partial charge in [-0.15, -0.1) is 24.0 Å². The number of hydrogen-bond acceptors (Lipinski definition) is 3. The fraction of sp³-hybridized carbons (Fsp3) is 0.583. The fourth-order valence-electron chi connectivity index (χ4n) is 1.57. The largest absolute Gasteiger partial charge is 0.383 e. The van der Waals surface area contributed by atoms with E-state index in [9.17, 15) is 5.11 Å². The molecule has 104 valence electrons. The quantitative estimate of drug-likeness (QED) is 0.494. The van der Waals surface area contributed by atoms with Crippen LogP contribution in [0.4, 0.5) is 0 Å². The Morgan fingerprint density at radius 1 is 1.33 bits per heavy atom. The van der Waals surface area contributed by atoms with Gasteiger partial charge in [0.1, 0.15) is 5.60 Å². The summed E-state index contributed by atoms with van der Waals surface area (Å²) in [6.45, 7) is 2.15. The standard InChI is InChI=1S/C12H21N3OS.HI/c1-12(16,10-6-7-17-8-10)9-13-11(14(2)3)15(4)5;/h6-8,16H,9H2,1-5H3;1H. The normalized spacial score (nSPS) is 13.2. The first-order valence-corrected chi connectivity index (χ1v) is 6.43. The molecule has 0 aliphatic rings. The molecule has 0 radical (unpaired) electrons. The highest BCUT2D eigenvalue weighted by molar-refractivity contribution is 14.0. The van der Waals surface area contributed by atoms with E-state index >= 15 is 0 Å². The summed E-state index contributed by atoms with van der Waals surface area (Å²) in [6.07, 6.45) is 0. The third kappa shape index (κ3) is 4.74. The number of halogens is 1. The zero-order chi connectivity index (χ0) is 13.1. The van der Waals surface area contributed by atoms with E-state index in [0.717, 1.165) is 11.5 Å². The van der Waals surface area contributed by atoms with Crippen molar-refractivity contribution in [3.63, 3.8) is 0 Å². The van der Waals surface area contributed by atoms with Gasteiger partial charge in [0.2, 0.25) is 0 Å². The highest BCUT2D eigenvalue weighted by atomic mass is 127. The molecule has 0 amide bonds. The topological polar surface area (TPSA) is 39.1 Å². The molecule has 1 aromatic rings. The number of thiophene rings is 1. The van der Waals surface area contributed by atoms with Gasteiger partial charge in [0.25, 0.3) is 0 Å². The second-order valence-corrected chi connectivity index (χ2v) is 5.47. The third-order valence-corrected chi connectivity index (χ3v) is 3.15. The van der Waals surface area contributed by atoms with E-state index in [0.29, 0.717) is 6.54 Å². The van der Waals surface area contributed by atoms with E-state index in [1.165, 1.54) is 0 Å². The van der Waals surface area contributed by atoms with E-state index in [4.69, 9.17) is 0 Å². The number of rotatable bonds is 3. The summed E-state index contributed by atoms with van der Waals surface area (Å²) >= 11 is 1.58. The number of nitrogens with zero attached hydrogens (tertiary/aromatic N) is 3. The van der Waals surface area contributed by atoms with Crippen LogP contribution in [-0.4, -0.2) is 55.6 Å². The van der Waals surface area contributed by atoms with Crippen LogP contribution >= 0.6 is 35.3 Å². The van der Waals surface area contributed by atoms with E-state index in [2.05, 4.69) is 4.99 Å². The van der Waals surface area contributed by atoms with Crippen LogP contribution in [0.5, 0.6) is 0 Å². The zero-order valence-electron chi connectivity index (χ0n) is 11.5. The predicted octanol–water partition coefficient (Wildman–Crippen LogP) is 2.05. The lowest BCUT2D eigenvalue weighted by Crippen LogP contribution is -2.37. The maximum absolute atomic E-state index is 10.3. The van der Waals surface area contributed by atoms with Crippen LogP contribution in [-0.2, 0) is 5.60 Å². The molecule has 1 N–H and O–H groups in total. The molecule has 0 spiro atoms. The first-order valence-electron chi connectivity index (χ1n) is 5.49. The summed E-state index contributed by atoms with van der Waals surface area (Å²) in [5.41, 5.74) is 0.0141. The Hall–Kier alpha value is -0.340. The Kier molecular flexibility index (Phi) is 7.16. The lowest BCUT2D eigenvalue weighted by atomic mass is 10.00. The highest BCUT2D eigenvalue weighted by Crippen LogP contribution is 2.23. The van der Waals surface area contributed by atoms with Gasteiger partial charge in [-0.05, 0) is 29.3 Å². The van der Waals surface area contributed by atoms with Crippen molar-refractivity contribution in [1.29, 1.82) is 0 Å². The van der Waals surface area contributed by atoms with Gasteiger partial charge < -0.3 is 14.9 Å². The summed E-state index contributed by atoms with van der Waals surface area (Å²) < 4.78 is 0. The van der Waals surface area contributed by atoms with Crippen LogP contribution in [0, 0.1) is 0 Å². The molecule has 1 aromatic heterocycles. The van der Waals surface area contributed by atoms with Gasteiger partial charge in [0, 0.05) is 28.2 Å². The Morgan fingerprint density at radius 3 is 2.28 bits per heavy atom. The Morgan fingerprint density at radius 2 is 1.89 bits per heavy atom. The average Bonchev–Trinajstić information content (AvgIpc) is 2.69. The molecule has 1 rings (SSSR count). The van der Waals surface area contributed by atoms with Crippen molar-refractivity contribution >= 4 is 41.3 Å². The molecule has 0 bridgehead atoms. The van der Waals surface area contributed by atoms with Crippen LogP contribution < -0.4 is 0 Å². The van der Waals surface area contributed by atoms with Gasteiger partial charge in [-0.3, -0.25) is 0 Å². The van der Waals surface area contributed by atoms with Crippen LogP contribution in [0.15, 0.2) is 21.8 Å². The summed E-state index contributed by atoms with van der Waals surface area (Å²) in [5, 5.41) is 14.3. The fourth-order valence-corrected chi connectivity index (χ4v) is 2.35. The van der Waals surface area contributed by atoms with Gasteiger partial charge in [0.05, 0.1) is 6.54 Å². The minimum Gasteiger partial charge on any atom is -0.383 e. The molecular formula is C12H22IN3OS. The SMILES string of the molecule is CN(C)C(=NCC(C)(O)c1ccsc1)N(C)C.I. The van der Waals surface area contributed by atoms with Gasteiger partial charge >= 0.3 is 0 Å². The monoisotopic (exact) mass is 383 g/mol.